The Morgan fingerprint density at radius 2 is 2.36 bits per heavy atom. The summed E-state index contributed by atoms with van der Waals surface area (Å²) in [4.78, 5) is 11.6. The molecule has 0 aromatic carbocycles. The van der Waals surface area contributed by atoms with Crippen LogP contribution in [0.15, 0.2) is 0 Å². The third-order valence-corrected chi connectivity index (χ3v) is 3.19. The van der Waals surface area contributed by atoms with Gasteiger partial charge in [0.1, 0.15) is 16.7 Å². The number of nitrogens with two attached hydrogens (primary N) is 1. The normalized spacial score (nSPS) is 16.4. The second-order valence-corrected chi connectivity index (χ2v) is 4.27. The van der Waals surface area contributed by atoms with Crippen LogP contribution in [-0.2, 0) is 4.74 Å². The van der Waals surface area contributed by atoms with E-state index in [1.54, 1.807) is 6.92 Å². The highest BCUT2D eigenvalue weighted by molar-refractivity contribution is 7.10. The molecule has 1 aromatic rings. The zero-order valence-electron chi connectivity index (χ0n) is 7.95. The van der Waals surface area contributed by atoms with Gasteiger partial charge in [-0.3, -0.25) is 0 Å². The van der Waals surface area contributed by atoms with Crippen LogP contribution in [0.3, 0.4) is 0 Å². The average Bonchev–Trinajstić information content (AvgIpc) is 2.39. The number of aromatic nitrogens is 1. The van der Waals surface area contributed by atoms with Gasteiger partial charge in [0.2, 0.25) is 0 Å². The van der Waals surface area contributed by atoms with Crippen molar-refractivity contribution in [2.24, 2.45) is 0 Å². The number of ether oxygens (including phenoxy) is 1. The van der Waals surface area contributed by atoms with E-state index in [9.17, 15) is 4.79 Å². The minimum atomic E-state index is -0.321. The summed E-state index contributed by atoms with van der Waals surface area (Å²) in [5, 5.41) is 0.451. The summed E-state index contributed by atoms with van der Waals surface area (Å²) in [6.45, 7) is 1.77. The Bertz CT molecular complexity index is 338. The first-order valence-electron chi connectivity index (χ1n) is 4.61. The molecule has 2 N–H and O–H groups in total. The van der Waals surface area contributed by atoms with Gasteiger partial charge in [-0.2, -0.15) is 4.37 Å². The highest BCUT2D eigenvalue weighted by Crippen LogP contribution is 2.26. The van der Waals surface area contributed by atoms with Gasteiger partial charge in [-0.15, -0.1) is 0 Å². The molecule has 1 saturated carbocycles. The predicted octanol–water partition coefficient (Wildman–Crippen LogP) is 1.74. The monoisotopic (exact) mass is 212 g/mol. The van der Waals surface area contributed by atoms with Crippen LogP contribution >= 0.6 is 11.5 Å². The minimum absolute atomic E-state index is 0.0983. The third kappa shape index (κ3) is 1.59. The summed E-state index contributed by atoms with van der Waals surface area (Å²) in [5.74, 6) is -0.321. The second-order valence-electron chi connectivity index (χ2n) is 3.47. The topological polar surface area (TPSA) is 65.2 Å². The lowest BCUT2D eigenvalue weighted by Gasteiger charge is -2.25. The number of anilines is 1. The standard InChI is InChI=1S/C9H12N2O2S/c1-5-7(8(10)14-11-5)9(12)13-6-3-2-4-6/h6H,2-4,10H2,1H3. The molecule has 0 aliphatic heterocycles. The Kier molecular flexibility index (Phi) is 2.41. The SMILES string of the molecule is Cc1nsc(N)c1C(=O)OC1CCC1. The fourth-order valence-electron chi connectivity index (χ4n) is 1.33. The van der Waals surface area contributed by atoms with Crippen molar-refractivity contribution in [2.75, 3.05) is 5.73 Å². The Morgan fingerprint density at radius 1 is 1.64 bits per heavy atom. The van der Waals surface area contributed by atoms with Crippen molar-refractivity contribution in [2.45, 2.75) is 32.3 Å². The van der Waals surface area contributed by atoms with Crippen molar-refractivity contribution in [1.29, 1.82) is 0 Å². The van der Waals surface area contributed by atoms with Gasteiger partial charge in [0, 0.05) is 0 Å². The van der Waals surface area contributed by atoms with E-state index in [0.29, 0.717) is 16.3 Å². The lowest BCUT2D eigenvalue weighted by Crippen LogP contribution is -2.25. The smallest absolute Gasteiger partial charge is 0.343 e. The van der Waals surface area contributed by atoms with E-state index in [2.05, 4.69) is 4.37 Å². The number of nitrogens with zero attached hydrogens (tertiary/aromatic N) is 1. The first-order valence-corrected chi connectivity index (χ1v) is 5.38. The maximum Gasteiger partial charge on any atom is 0.343 e. The number of esters is 1. The van der Waals surface area contributed by atoms with E-state index in [0.717, 1.165) is 30.8 Å². The van der Waals surface area contributed by atoms with Crippen LogP contribution in [-0.4, -0.2) is 16.4 Å². The minimum Gasteiger partial charge on any atom is -0.459 e. The maximum absolute atomic E-state index is 11.6. The number of hydrogen-bond acceptors (Lipinski definition) is 5. The molecule has 0 radical (unpaired) electrons. The molecular weight excluding hydrogens is 200 g/mol. The summed E-state index contributed by atoms with van der Waals surface area (Å²) in [6.07, 6.45) is 3.19. The van der Waals surface area contributed by atoms with E-state index in [1.807, 2.05) is 0 Å². The molecule has 2 rings (SSSR count). The lowest BCUT2D eigenvalue weighted by molar-refractivity contribution is 0.00908. The highest BCUT2D eigenvalue weighted by atomic mass is 32.1. The Labute approximate surface area is 86.2 Å². The van der Waals surface area contributed by atoms with Gasteiger partial charge in [0.15, 0.2) is 0 Å². The fraction of sp³-hybridized carbons (Fsp3) is 0.556. The lowest BCUT2D eigenvalue weighted by atomic mass is 9.96. The molecule has 0 bridgehead atoms. The van der Waals surface area contributed by atoms with Crippen molar-refractivity contribution in [3.63, 3.8) is 0 Å². The van der Waals surface area contributed by atoms with Crippen LogP contribution in [0.25, 0.3) is 0 Å². The quantitative estimate of drug-likeness (QED) is 0.758. The van der Waals surface area contributed by atoms with Crippen molar-refractivity contribution >= 4 is 22.5 Å². The Morgan fingerprint density at radius 3 is 2.79 bits per heavy atom. The summed E-state index contributed by atoms with van der Waals surface area (Å²) in [7, 11) is 0. The van der Waals surface area contributed by atoms with Crippen LogP contribution in [0.5, 0.6) is 0 Å². The molecule has 0 amide bonds. The van der Waals surface area contributed by atoms with Gasteiger partial charge in [-0.05, 0) is 37.7 Å². The average molecular weight is 212 g/mol. The van der Waals surface area contributed by atoms with Gasteiger partial charge < -0.3 is 10.5 Å². The molecule has 14 heavy (non-hydrogen) atoms. The van der Waals surface area contributed by atoms with Crippen molar-refractivity contribution in [3.05, 3.63) is 11.3 Å². The molecule has 0 spiro atoms. The van der Waals surface area contributed by atoms with Gasteiger partial charge in [-0.1, -0.05) is 0 Å². The van der Waals surface area contributed by atoms with E-state index >= 15 is 0 Å². The van der Waals surface area contributed by atoms with Crippen molar-refractivity contribution < 1.29 is 9.53 Å². The molecule has 1 heterocycles. The molecule has 0 unspecified atom stereocenters. The first-order chi connectivity index (χ1) is 6.68. The van der Waals surface area contributed by atoms with Gasteiger partial charge in [0.05, 0.1) is 5.69 Å². The van der Waals surface area contributed by atoms with Gasteiger partial charge >= 0.3 is 5.97 Å². The summed E-state index contributed by atoms with van der Waals surface area (Å²) in [5.41, 5.74) is 6.74. The highest BCUT2D eigenvalue weighted by Gasteiger charge is 2.25. The van der Waals surface area contributed by atoms with E-state index in [4.69, 9.17) is 10.5 Å². The molecule has 1 aliphatic carbocycles. The maximum atomic E-state index is 11.6. The van der Waals surface area contributed by atoms with Gasteiger partial charge in [0.25, 0.3) is 0 Å². The Hall–Kier alpha value is -1.10. The number of hydrogen-bond donors (Lipinski definition) is 1. The van der Waals surface area contributed by atoms with E-state index in [-0.39, 0.29) is 12.1 Å². The van der Waals surface area contributed by atoms with Crippen LogP contribution < -0.4 is 5.73 Å². The second kappa shape index (κ2) is 3.57. The largest absolute Gasteiger partial charge is 0.459 e. The zero-order valence-corrected chi connectivity index (χ0v) is 8.76. The molecular formula is C9H12N2O2S. The molecule has 0 atom stereocenters. The van der Waals surface area contributed by atoms with Crippen LogP contribution in [0.2, 0.25) is 0 Å². The van der Waals surface area contributed by atoms with E-state index < -0.39 is 0 Å². The third-order valence-electron chi connectivity index (χ3n) is 2.42. The molecule has 1 fully saturated rings. The molecule has 1 aliphatic rings. The molecule has 0 saturated heterocycles. The van der Waals surface area contributed by atoms with E-state index in [1.165, 1.54) is 0 Å². The zero-order chi connectivity index (χ0) is 10.1. The summed E-state index contributed by atoms with van der Waals surface area (Å²) in [6, 6.07) is 0. The summed E-state index contributed by atoms with van der Waals surface area (Å²) >= 11 is 1.14. The number of carbonyl (C=O) groups excluding carboxylic acids is 1. The molecule has 5 heteroatoms. The van der Waals surface area contributed by atoms with Crippen LogP contribution in [0.4, 0.5) is 5.00 Å². The summed E-state index contributed by atoms with van der Waals surface area (Å²) < 4.78 is 9.24. The molecule has 76 valence electrons. The Balaban J connectivity index is 2.09. The number of carbonyl (C=O) groups is 1. The molecule has 4 nitrogen and oxygen atoms in total. The van der Waals surface area contributed by atoms with Crippen LogP contribution in [0, 0.1) is 6.92 Å². The molecule has 1 aromatic heterocycles. The van der Waals surface area contributed by atoms with Crippen LogP contribution in [0.1, 0.15) is 35.3 Å². The van der Waals surface area contributed by atoms with Crippen molar-refractivity contribution in [1.82, 2.24) is 4.37 Å². The first kappa shape index (κ1) is 9.45. The number of nitrogen functional groups attached to an aromatic ring is 1. The number of aryl methyl sites for hydroxylation is 1. The van der Waals surface area contributed by atoms with Gasteiger partial charge in [-0.25, -0.2) is 4.79 Å². The fourth-order valence-corrected chi connectivity index (χ4v) is 1.98. The predicted molar refractivity (Wildman–Crippen MR) is 54.3 cm³/mol. The van der Waals surface area contributed by atoms with Crippen molar-refractivity contribution in [3.8, 4) is 0 Å². The number of rotatable bonds is 2.